The van der Waals surface area contributed by atoms with Crippen molar-refractivity contribution in [2.45, 2.75) is 59.3 Å². The first-order valence-electron chi connectivity index (χ1n) is 9.57. The third-order valence-corrected chi connectivity index (χ3v) is 4.82. The zero-order valence-electron chi connectivity index (χ0n) is 16.8. The molecule has 1 aliphatic heterocycles. The van der Waals surface area contributed by atoms with Crippen LogP contribution in [0.2, 0.25) is 0 Å². The van der Waals surface area contributed by atoms with Crippen LogP contribution in [0, 0.1) is 0 Å². The van der Waals surface area contributed by atoms with Crippen LogP contribution in [-0.4, -0.2) is 43.6 Å². The normalized spacial score (nSPS) is 13.8. The highest BCUT2D eigenvalue weighted by Gasteiger charge is 2.26. The van der Waals surface area contributed by atoms with Crippen molar-refractivity contribution in [2.75, 3.05) is 6.54 Å². The van der Waals surface area contributed by atoms with Crippen molar-refractivity contribution in [2.24, 2.45) is 0 Å². The molecule has 0 aliphatic carbocycles. The number of hydrogen-bond donors (Lipinski definition) is 2. The Morgan fingerprint density at radius 1 is 1.29 bits per heavy atom. The summed E-state index contributed by atoms with van der Waals surface area (Å²) in [4.78, 5) is 23.6. The minimum Gasteiger partial charge on any atom is -0.508 e. The average molecular weight is 385 g/mol. The Morgan fingerprint density at radius 3 is 2.68 bits per heavy atom. The number of phenols is 1. The lowest BCUT2D eigenvalue weighted by Gasteiger charge is -2.29. The zero-order valence-corrected chi connectivity index (χ0v) is 16.8. The summed E-state index contributed by atoms with van der Waals surface area (Å²) in [5, 5.41) is 19.8. The molecule has 0 fully saturated rings. The highest BCUT2D eigenvalue weighted by atomic mass is 16.5. The van der Waals surface area contributed by atoms with Gasteiger partial charge in [-0.1, -0.05) is 13.8 Å². The van der Waals surface area contributed by atoms with Gasteiger partial charge in [0.1, 0.15) is 5.75 Å². The molecule has 3 rings (SSSR count). The Kier molecular flexibility index (Phi) is 5.84. The van der Waals surface area contributed by atoms with Gasteiger partial charge in [-0.2, -0.15) is 4.98 Å². The van der Waals surface area contributed by atoms with Crippen LogP contribution in [0.4, 0.5) is 0 Å². The minimum absolute atomic E-state index is 0.00118. The fourth-order valence-corrected chi connectivity index (χ4v) is 3.35. The van der Waals surface area contributed by atoms with E-state index in [9.17, 15) is 15.0 Å². The van der Waals surface area contributed by atoms with Crippen LogP contribution in [0.1, 0.15) is 66.4 Å². The molecule has 0 unspecified atom stereocenters. The fraction of sp³-hybridized carbons (Fsp3) is 0.476. The van der Waals surface area contributed by atoms with Crippen molar-refractivity contribution >= 4 is 5.91 Å². The van der Waals surface area contributed by atoms with Gasteiger partial charge in [-0.15, -0.1) is 0 Å². The minimum atomic E-state index is -0.309. The Bertz CT molecular complexity index is 880. The van der Waals surface area contributed by atoms with Gasteiger partial charge in [0, 0.05) is 36.8 Å². The van der Waals surface area contributed by atoms with E-state index >= 15 is 0 Å². The predicted octanol–water partition coefficient (Wildman–Crippen LogP) is 2.78. The molecule has 1 aliphatic rings. The van der Waals surface area contributed by atoms with E-state index in [-0.39, 0.29) is 30.3 Å². The molecule has 1 aromatic carbocycles. The van der Waals surface area contributed by atoms with Crippen molar-refractivity contribution in [1.82, 2.24) is 14.9 Å². The van der Waals surface area contributed by atoms with Gasteiger partial charge >= 0.3 is 6.01 Å². The van der Waals surface area contributed by atoms with Gasteiger partial charge in [-0.3, -0.25) is 4.79 Å². The number of amides is 1. The molecule has 7 heteroatoms. The SMILES string of the molecule is CC(C)Oc1ncc2c(n1)CCN(C(=O)c1cc(C(C)C)c(O)cc1CO)C2. The van der Waals surface area contributed by atoms with E-state index in [1.54, 1.807) is 17.2 Å². The molecule has 0 bridgehead atoms. The molecule has 7 nitrogen and oxygen atoms in total. The summed E-state index contributed by atoms with van der Waals surface area (Å²) in [6.45, 7) is 8.36. The van der Waals surface area contributed by atoms with Crippen LogP contribution in [0.15, 0.2) is 18.3 Å². The fourth-order valence-electron chi connectivity index (χ4n) is 3.35. The number of carbonyl (C=O) groups is 1. The highest BCUT2D eigenvalue weighted by molar-refractivity contribution is 5.96. The number of aromatic nitrogens is 2. The first-order valence-corrected chi connectivity index (χ1v) is 9.57. The molecule has 0 radical (unpaired) electrons. The third-order valence-electron chi connectivity index (χ3n) is 4.82. The summed E-state index contributed by atoms with van der Waals surface area (Å²) in [5.41, 5.74) is 3.33. The Hall–Kier alpha value is -2.67. The maximum Gasteiger partial charge on any atom is 0.316 e. The molecule has 1 aromatic heterocycles. The molecular formula is C21H27N3O4. The summed E-state index contributed by atoms with van der Waals surface area (Å²) < 4.78 is 5.55. The average Bonchev–Trinajstić information content (AvgIpc) is 2.66. The van der Waals surface area contributed by atoms with Crippen LogP contribution in [0.3, 0.4) is 0 Å². The standard InChI is InChI=1S/C21H27N3O4/c1-12(2)16-8-17(14(11-25)7-19(16)26)20(27)24-6-5-18-15(10-24)9-22-21(23-18)28-13(3)4/h7-9,12-13,25-26H,5-6,10-11H2,1-4H3. The van der Waals surface area contributed by atoms with Crippen molar-refractivity contribution in [3.63, 3.8) is 0 Å². The van der Waals surface area contributed by atoms with E-state index < -0.39 is 0 Å². The summed E-state index contributed by atoms with van der Waals surface area (Å²) in [7, 11) is 0. The van der Waals surface area contributed by atoms with E-state index in [0.29, 0.717) is 42.2 Å². The monoisotopic (exact) mass is 385 g/mol. The highest BCUT2D eigenvalue weighted by Crippen LogP contribution is 2.30. The van der Waals surface area contributed by atoms with Gasteiger partial charge in [-0.05, 0) is 43.0 Å². The van der Waals surface area contributed by atoms with Crippen LogP contribution in [0.5, 0.6) is 11.8 Å². The number of benzene rings is 1. The molecule has 2 N–H and O–H groups in total. The zero-order chi connectivity index (χ0) is 20.4. The largest absolute Gasteiger partial charge is 0.508 e. The topological polar surface area (TPSA) is 95.8 Å². The molecule has 0 saturated carbocycles. The second-order valence-electron chi connectivity index (χ2n) is 7.65. The summed E-state index contributed by atoms with van der Waals surface area (Å²) in [6, 6.07) is 3.54. The number of ether oxygens (including phenoxy) is 1. The number of phenolic OH excluding ortho intramolecular Hbond substituents is 1. The Balaban J connectivity index is 1.86. The van der Waals surface area contributed by atoms with Gasteiger partial charge in [0.2, 0.25) is 0 Å². The number of carbonyl (C=O) groups excluding carboxylic acids is 1. The van der Waals surface area contributed by atoms with Gasteiger partial charge < -0.3 is 19.8 Å². The van der Waals surface area contributed by atoms with Crippen molar-refractivity contribution in [1.29, 1.82) is 0 Å². The van der Waals surface area contributed by atoms with E-state index in [1.807, 2.05) is 27.7 Å². The summed E-state index contributed by atoms with van der Waals surface area (Å²) in [6.07, 6.45) is 2.33. The smallest absolute Gasteiger partial charge is 0.316 e. The molecule has 0 spiro atoms. The Labute approximate surface area is 165 Å². The van der Waals surface area contributed by atoms with Gasteiger partial charge in [-0.25, -0.2) is 4.98 Å². The molecular weight excluding hydrogens is 358 g/mol. The van der Waals surface area contributed by atoms with E-state index in [2.05, 4.69) is 9.97 Å². The molecule has 0 saturated heterocycles. The molecule has 150 valence electrons. The van der Waals surface area contributed by atoms with Crippen molar-refractivity contribution < 1.29 is 19.7 Å². The van der Waals surface area contributed by atoms with Crippen LogP contribution in [-0.2, 0) is 19.6 Å². The number of aliphatic hydroxyl groups excluding tert-OH is 1. The number of nitrogens with zero attached hydrogens (tertiary/aromatic N) is 3. The summed E-state index contributed by atoms with van der Waals surface area (Å²) in [5.74, 6) is -0.000989. The molecule has 2 heterocycles. The van der Waals surface area contributed by atoms with E-state index in [1.165, 1.54) is 6.07 Å². The lowest BCUT2D eigenvalue weighted by molar-refractivity contribution is 0.0729. The second-order valence-corrected chi connectivity index (χ2v) is 7.65. The number of fused-ring (bicyclic) bond motifs is 1. The van der Waals surface area contributed by atoms with Crippen molar-refractivity contribution in [3.8, 4) is 11.8 Å². The van der Waals surface area contributed by atoms with Gasteiger partial charge in [0.25, 0.3) is 5.91 Å². The lowest BCUT2D eigenvalue weighted by Crippen LogP contribution is -2.37. The quantitative estimate of drug-likeness (QED) is 0.822. The third kappa shape index (κ3) is 4.09. The van der Waals surface area contributed by atoms with Gasteiger partial charge in [0.05, 0.1) is 18.4 Å². The van der Waals surface area contributed by atoms with Gasteiger partial charge in [0.15, 0.2) is 0 Å². The van der Waals surface area contributed by atoms with E-state index in [4.69, 9.17) is 4.74 Å². The number of aliphatic hydroxyl groups is 1. The molecule has 1 amide bonds. The number of rotatable bonds is 5. The Morgan fingerprint density at radius 2 is 2.04 bits per heavy atom. The van der Waals surface area contributed by atoms with Crippen LogP contribution >= 0.6 is 0 Å². The second kappa shape index (κ2) is 8.14. The number of hydrogen-bond acceptors (Lipinski definition) is 6. The van der Waals surface area contributed by atoms with Crippen LogP contribution in [0.25, 0.3) is 0 Å². The van der Waals surface area contributed by atoms with Crippen molar-refractivity contribution in [3.05, 3.63) is 46.3 Å². The molecule has 2 aromatic rings. The predicted molar refractivity (Wildman–Crippen MR) is 104 cm³/mol. The first-order chi connectivity index (χ1) is 13.3. The maximum atomic E-state index is 13.2. The first kappa shape index (κ1) is 20.1. The van der Waals surface area contributed by atoms with Crippen LogP contribution < -0.4 is 4.74 Å². The molecule has 28 heavy (non-hydrogen) atoms. The molecule has 0 atom stereocenters. The summed E-state index contributed by atoms with van der Waals surface area (Å²) >= 11 is 0. The van der Waals surface area contributed by atoms with E-state index in [0.717, 1.165) is 11.3 Å². The lowest BCUT2D eigenvalue weighted by atomic mass is 9.95. The number of aromatic hydroxyl groups is 1. The maximum absolute atomic E-state index is 13.2.